The average molecular weight is 279 g/mol. The summed E-state index contributed by atoms with van der Waals surface area (Å²) in [5.74, 6) is 0.605. The molecule has 20 heavy (non-hydrogen) atoms. The highest BCUT2D eigenvalue weighted by Gasteiger charge is 2.40. The van der Waals surface area contributed by atoms with Gasteiger partial charge in [0.1, 0.15) is 12.2 Å². The highest BCUT2D eigenvalue weighted by Crippen LogP contribution is 2.20. The molecule has 7 nitrogen and oxygen atoms in total. The molecule has 0 bridgehead atoms. The Balaban J connectivity index is 1.87. The van der Waals surface area contributed by atoms with Gasteiger partial charge >= 0.3 is 0 Å². The van der Waals surface area contributed by atoms with Gasteiger partial charge in [0.2, 0.25) is 11.8 Å². The third-order valence-electron chi connectivity index (χ3n) is 3.71. The fourth-order valence-electron chi connectivity index (χ4n) is 2.56. The second-order valence-electron chi connectivity index (χ2n) is 4.97. The Morgan fingerprint density at radius 2 is 2.20 bits per heavy atom. The van der Waals surface area contributed by atoms with Gasteiger partial charge in [-0.1, -0.05) is 13.8 Å². The number of amides is 2. The quantitative estimate of drug-likeness (QED) is 0.698. The van der Waals surface area contributed by atoms with Gasteiger partial charge in [-0.25, -0.2) is 4.98 Å². The van der Waals surface area contributed by atoms with E-state index in [1.807, 2.05) is 13.8 Å². The van der Waals surface area contributed by atoms with Crippen LogP contribution in [0.5, 0.6) is 0 Å². The molecule has 1 atom stereocenters. The van der Waals surface area contributed by atoms with E-state index in [1.165, 1.54) is 11.2 Å². The van der Waals surface area contributed by atoms with Crippen molar-refractivity contribution in [1.82, 2.24) is 25.4 Å². The lowest BCUT2D eigenvalue weighted by Gasteiger charge is -2.24. The smallest absolute Gasteiger partial charge is 0.247 e. The van der Waals surface area contributed by atoms with Crippen molar-refractivity contribution in [1.29, 1.82) is 0 Å². The van der Waals surface area contributed by atoms with Crippen molar-refractivity contribution >= 4 is 11.8 Å². The number of nitrogens with zero attached hydrogens (tertiary/aromatic N) is 3. The number of H-pyrrole nitrogens is 1. The number of hydrogen-bond donors (Lipinski definition) is 2. The van der Waals surface area contributed by atoms with Gasteiger partial charge in [0.05, 0.1) is 12.5 Å². The summed E-state index contributed by atoms with van der Waals surface area (Å²) in [5.41, 5.74) is 0. The van der Waals surface area contributed by atoms with E-state index < -0.39 is 6.04 Å². The number of carbonyl (C=O) groups excluding carboxylic acids is 2. The third kappa shape index (κ3) is 3.04. The van der Waals surface area contributed by atoms with Crippen LogP contribution in [0.4, 0.5) is 0 Å². The van der Waals surface area contributed by atoms with Gasteiger partial charge in [-0.3, -0.25) is 19.6 Å². The third-order valence-corrected chi connectivity index (χ3v) is 3.71. The highest BCUT2D eigenvalue weighted by molar-refractivity contribution is 6.05. The fraction of sp³-hybridized carbons (Fsp3) is 0.692. The Labute approximate surface area is 118 Å². The molecular formula is C13H21N5O2. The summed E-state index contributed by atoms with van der Waals surface area (Å²) in [4.78, 5) is 29.7. The number of nitrogens with one attached hydrogen (secondary N) is 2. The van der Waals surface area contributed by atoms with Crippen LogP contribution < -0.4 is 5.32 Å². The van der Waals surface area contributed by atoms with E-state index in [9.17, 15) is 9.59 Å². The Bertz CT molecular complexity index is 455. The predicted octanol–water partition coefficient (Wildman–Crippen LogP) is 0.253. The molecule has 2 rings (SSSR count). The molecule has 1 aliphatic rings. The monoisotopic (exact) mass is 279 g/mol. The van der Waals surface area contributed by atoms with Crippen LogP contribution in [-0.2, 0) is 16.0 Å². The van der Waals surface area contributed by atoms with Crippen LogP contribution in [-0.4, -0.2) is 50.5 Å². The first-order chi connectivity index (χ1) is 9.67. The van der Waals surface area contributed by atoms with Crippen LogP contribution in [0.25, 0.3) is 0 Å². The predicted molar refractivity (Wildman–Crippen MR) is 72.7 cm³/mol. The standard InChI is InChI=1S/C13H21N5O2/c1-3-9(4-2)18-12(19)7-10(13(18)20)14-6-5-11-15-8-16-17-11/h8-10,14H,3-7H2,1-2H3,(H,15,16,17). The minimum Gasteiger partial charge on any atom is -0.305 e. The lowest BCUT2D eigenvalue weighted by Crippen LogP contribution is -2.44. The molecule has 0 aliphatic carbocycles. The number of likely N-dealkylation sites (tertiary alicyclic amines) is 1. The Morgan fingerprint density at radius 3 is 2.80 bits per heavy atom. The zero-order valence-corrected chi connectivity index (χ0v) is 11.9. The molecule has 1 aliphatic heterocycles. The Kier molecular flexibility index (Phi) is 4.84. The van der Waals surface area contributed by atoms with Crippen molar-refractivity contribution < 1.29 is 9.59 Å². The van der Waals surface area contributed by atoms with Crippen LogP contribution in [0.15, 0.2) is 6.33 Å². The Morgan fingerprint density at radius 1 is 1.45 bits per heavy atom. The van der Waals surface area contributed by atoms with E-state index in [-0.39, 0.29) is 24.3 Å². The molecule has 0 spiro atoms. The van der Waals surface area contributed by atoms with E-state index in [1.54, 1.807) is 0 Å². The van der Waals surface area contributed by atoms with Gasteiger partial charge in [-0.15, -0.1) is 0 Å². The zero-order chi connectivity index (χ0) is 14.5. The van der Waals surface area contributed by atoms with Gasteiger partial charge in [0.15, 0.2) is 0 Å². The molecule has 2 amide bonds. The molecule has 0 aromatic carbocycles. The van der Waals surface area contributed by atoms with Crippen LogP contribution >= 0.6 is 0 Å². The molecule has 110 valence electrons. The molecular weight excluding hydrogens is 258 g/mol. The van der Waals surface area contributed by atoms with Crippen LogP contribution in [0.1, 0.15) is 38.9 Å². The number of aromatic nitrogens is 3. The summed E-state index contributed by atoms with van der Waals surface area (Å²) in [6.45, 7) is 4.59. The summed E-state index contributed by atoms with van der Waals surface area (Å²) in [5, 5.41) is 9.66. The van der Waals surface area contributed by atoms with Crippen molar-refractivity contribution in [2.45, 2.75) is 51.6 Å². The first-order valence-corrected chi connectivity index (χ1v) is 7.10. The number of carbonyl (C=O) groups is 2. The summed E-state index contributed by atoms with van der Waals surface area (Å²) in [6.07, 6.45) is 3.97. The van der Waals surface area contributed by atoms with Crippen molar-refractivity contribution in [3.8, 4) is 0 Å². The number of hydrogen-bond acceptors (Lipinski definition) is 5. The largest absolute Gasteiger partial charge is 0.305 e. The van der Waals surface area contributed by atoms with E-state index in [2.05, 4.69) is 20.5 Å². The first kappa shape index (κ1) is 14.6. The normalized spacial score (nSPS) is 19.4. The van der Waals surface area contributed by atoms with Gasteiger partial charge in [0.25, 0.3) is 0 Å². The van der Waals surface area contributed by atoms with Crippen molar-refractivity contribution in [3.05, 3.63) is 12.2 Å². The van der Waals surface area contributed by atoms with Crippen LogP contribution in [0, 0.1) is 0 Å². The number of aromatic amines is 1. The van der Waals surface area contributed by atoms with Gasteiger partial charge in [-0.2, -0.15) is 5.10 Å². The van der Waals surface area contributed by atoms with E-state index in [0.29, 0.717) is 13.0 Å². The molecule has 0 radical (unpaired) electrons. The molecule has 0 saturated carbocycles. The van der Waals surface area contributed by atoms with E-state index >= 15 is 0 Å². The van der Waals surface area contributed by atoms with Crippen LogP contribution in [0.3, 0.4) is 0 Å². The molecule has 2 heterocycles. The molecule has 1 aromatic heterocycles. The second kappa shape index (κ2) is 6.60. The van der Waals surface area contributed by atoms with E-state index in [0.717, 1.165) is 18.7 Å². The summed E-state index contributed by atoms with van der Waals surface area (Å²) < 4.78 is 0. The topological polar surface area (TPSA) is 91.0 Å². The second-order valence-corrected chi connectivity index (χ2v) is 4.97. The highest BCUT2D eigenvalue weighted by atomic mass is 16.2. The summed E-state index contributed by atoms with van der Waals surface area (Å²) >= 11 is 0. The molecule has 7 heteroatoms. The lowest BCUT2D eigenvalue weighted by atomic mass is 10.1. The number of rotatable bonds is 7. The maximum Gasteiger partial charge on any atom is 0.247 e. The minimum atomic E-state index is -0.397. The Hall–Kier alpha value is -1.76. The van der Waals surface area contributed by atoms with Gasteiger partial charge < -0.3 is 5.32 Å². The van der Waals surface area contributed by atoms with E-state index in [4.69, 9.17) is 0 Å². The first-order valence-electron chi connectivity index (χ1n) is 7.10. The maximum atomic E-state index is 12.3. The molecule has 2 N–H and O–H groups in total. The van der Waals surface area contributed by atoms with Crippen molar-refractivity contribution in [2.75, 3.05) is 6.54 Å². The minimum absolute atomic E-state index is 0.0241. The van der Waals surface area contributed by atoms with Crippen molar-refractivity contribution in [2.24, 2.45) is 0 Å². The van der Waals surface area contributed by atoms with Gasteiger partial charge in [-0.05, 0) is 12.8 Å². The van der Waals surface area contributed by atoms with Gasteiger partial charge in [0, 0.05) is 19.0 Å². The molecule has 1 saturated heterocycles. The summed E-state index contributed by atoms with van der Waals surface area (Å²) in [7, 11) is 0. The molecule has 1 aromatic rings. The van der Waals surface area contributed by atoms with Crippen molar-refractivity contribution in [3.63, 3.8) is 0 Å². The SMILES string of the molecule is CCC(CC)N1C(=O)CC(NCCc2ncn[nH]2)C1=O. The molecule has 1 fully saturated rings. The fourth-order valence-corrected chi connectivity index (χ4v) is 2.56. The van der Waals surface area contributed by atoms with Crippen LogP contribution in [0.2, 0.25) is 0 Å². The average Bonchev–Trinajstić information content (AvgIpc) is 3.04. The lowest BCUT2D eigenvalue weighted by molar-refractivity contribution is -0.141. The maximum absolute atomic E-state index is 12.3. The summed E-state index contributed by atoms with van der Waals surface area (Å²) in [6, 6.07) is -0.373. The molecule has 1 unspecified atom stereocenters. The number of imide groups is 1. The zero-order valence-electron chi connectivity index (χ0n) is 11.9.